The van der Waals surface area contributed by atoms with Crippen LogP contribution >= 0.6 is 0 Å². The lowest BCUT2D eigenvalue weighted by molar-refractivity contribution is -0.144. The third-order valence-corrected chi connectivity index (χ3v) is 5.84. The van der Waals surface area contributed by atoms with Crippen LogP contribution in [-0.4, -0.2) is 46.5 Å². The lowest BCUT2D eigenvalue weighted by Crippen LogP contribution is -2.44. The third-order valence-electron chi connectivity index (χ3n) is 5.84. The number of benzene rings is 2. The highest BCUT2D eigenvalue weighted by atomic mass is 16.4. The van der Waals surface area contributed by atoms with E-state index in [9.17, 15) is 14.7 Å². The Balaban J connectivity index is 1.42. The molecule has 3 aromatic rings. The molecule has 1 aliphatic rings. The van der Waals surface area contributed by atoms with Crippen LogP contribution in [0.1, 0.15) is 25.3 Å². The molecule has 0 radical (unpaired) electrons. The van der Waals surface area contributed by atoms with Crippen LogP contribution in [0.2, 0.25) is 0 Å². The average molecular weight is 421 g/mol. The van der Waals surface area contributed by atoms with Crippen molar-refractivity contribution in [3.63, 3.8) is 0 Å². The van der Waals surface area contributed by atoms with E-state index in [0.717, 1.165) is 16.7 Å². The molecule has 1 saturated heterocycles. The maximum Gasteiger partial charge on any atom is 0.308 e. The van der Waals surface area contributed by atoms with Gasteiger partial charge < -0.3 is 19.3 Å². The van der Waals surface area contributed by atoms with E-state index >= 15 is 0 Å². The largest absolute Gasteiger partial charge is 0.481 e. The van der Waals surface area contributed by atoms with Crippen molar-refractivity contribution < 1.29 is 19.1 Å². The molecule has 7 nitrogen and oxygen atoms in total. The summed E-state index contributed by atoms with van der Waals surface area (Å²) < 4.78 is 5.86. The topological polar surface area (TPSA) is 86.9 Å². The fourth-order valence-corrected chi connectivity index (χ4v) is 4.02. The van der Waals surface area contributed by atoms with E-state index < -0.39 is 11.9 Å². The summed E-state index contributed by atoms with van der Waals surface area (Å²) in [6.07, 6.45) is 1.37. The van der Waals surface area contributed by atoms with Gasteiger partial charge in [-0.25, -0.2) is 0 Å². The fraction of sp³-hybridized carbons (Fsp3) is 0.375. The highest BCUT2D eigenvalue weighted by molar-refractivity contribution is 5.80. The monoisotopic (exact) mass is 421 g/mol. The molecule has 1 unspecified atom stereocenters. The number of fused-ring (bicyclic) bond motifs is 1. The number of anilines is 1. The number of aromatic nitrogens is 1. The average Bonchev–Trinajstić information content (AvgIpc) is 3.23. The smallest absolute Gasteiger partial charge is 0.308 e. The molecule has 31 heavy (non-hydrogen) atoms. The first-order valence-corrected chi connectivity index (χ1v) is 10.7. The number of hydrogen-bond acceptors (Lipinski definition) is 5. The number of hydrogen-bond donors (Lipinski definition) is 1. The van der Waals surface area contributed by atoms with Crippen molar-refractivity contribution in [3.05, 3.63) is 60.2 Å². The van der Waals surface area contributed by atoms with Crippen molar-refractivity contribution in [2.45, 2.75) is 26.3 Å². The van der Waals surface area contributed by atoms with Crippen LogP contribution in [0, 0.1) is 11.8 Å². The van der Waals surface area contributed by atoms with Crippen LogP contribution in [0.5, 0.6) is 0 Å². The van der Waals surface area contributed by atoms with Gasteiger partial charge in [0.2, 0.25) is 5.91 Å². The summed E-state index contributed by atoms with van der Waals surface area (Å²) in [5.41, 5.74) is 2.58. The molecule has 1 aromatic heterocycles. The normalized spacial score (nSPS) is 15.7. The van der Waals surface area contributed by atoms with E-state index in [4.69, 9.17) is 4.42 Å². The van der Waals surface area contributed by atoms with Crippen LogP contribution in [-0.2, 0) is 16.1 Å². The van der Waals surface area contributed by atoms with E-state index in [1.807, 2.05) is 54.6 Å². The molecule has 7 heteroatoms. The first-order valence-electron chi connectivity index (χ1n) is 10.7. The van der Waals surface area contributed by atoms with E-state index in [0.29, 0.717) is 38.5 Å². The highest BCUT2D eigenvalue weighted by Crippen LogP contribution is 2.27. The zero-order chi connectivity index (χ0) is 21.8. The minimum Gasteiger partial charge on any atom is -0.481 e. The Bertz CT molecular complexity index is 1010. The molecule has 0 aliphatic carbocycles. The number of rotatable bonds is 7. The molecule has 0 spiro atoms. The third kappa shape index (κ3) is 4.87. The van der Waals surface area contributed by atoms with Crippen molar-refractivity contribution in [2.24, 2.45) is 11.8 Å². The second-order valence-corrected chi connectivity index (χ2v) is 8.17. The van der Waals surface area contributed by atoms with Gasteiger partial charge in [-0.3, -0.25) is 9.59 Å². The van der Waals surface area contributed by atoms with Gasteiger partial charge in [-0.1, -0.05) is 49.4 Å². The number of aliphatic carboxylic acids is 1. The van der Waals surface area contributed by atoms with Gasteiger partial charge in [-0.05, 0) is 30.5 Å². The van der Waals surface area contributed by atoms with Crippen LogP contribution in [0.15, 0.2) is 59.0 Å². The fourth-order valence-electron chi connectivity index (χ4n) is 4.02. The van der Waals surface area contributed by atoms with Crippen LogP contribution in [0.25, 0.3) is 11.1 Å². The quantitative estimate of drug-likeness (QED) is 0.625. The van der Waals surface area contributed by atoms with Gasteiger partial charge in [0.05, 0.1) is 5.92 Å². The molecular weight excluding hydrogens is 394 g/mol. The number of carbonyl (C=O) groups is 2. The zero-order valence-electron chi connectivity index (χ0n) is 17.6. The summed E-state index contributed by atoms with van der Waals surface area (Å²) >= 11 is 0. The second kappa shape index (κ2) is 9.20. The number of carboxylic acids is 1. The van der Waals surface area contributed by atoms with Gasteiger partial charge >= 0.3 is 5.97 Å². The van der Waals surface area contributed by atoms with Gasteiger partial charge in [0.1, 0.15) is 5.52 Å². The Morgan fingerprint density at radius 1 is 1.13 bits per heavy atom. The molecule has 1 fully saturated rings. The Morgan fingerprint density at radius 3 is 2.48 bits per heavy atom. The Kier molecular flexibility index (Phi) is 6.21. The molecule has 1 amide bonds. The Morgan fingerprint density at radius 2 is 1.81 bits per heavy atom. The van der Waals surface area contributed by atoms with Gasteiger partial charge in [0, 0.05) is 32.1 Å². The maximum absolute atomic E-state index is 13.3. The molecule has 2 heterocycles. The molecule has 0 bridgehead atoms. The summed E-state index contributed by atoms with van der Waals surface area (Å²) in [6.45, 7) is 3.62. The zero-order valence-corrected chi connectivity index (χ0v) is 17.6. The predicted octanol–water partition coefficient (Wildman–Crippen LogP) is 3.79. The van der Waals surface area contributed by atoms with E-state index in [2.05, 4.69) is 9.88 Å². The summed E-state index contributed by atoms with van der Waals surface area (Å²) in [7, 11) is 0. The summed E-state index contributed by atoms with van der Waals surface area (Å²) in [5.74, 6) is -1.62. The number of carbonyl (C=O) groups excluding carboxylic acids is 1. The van der Waals surface area contributed by atoms with Crippen molar-refractivity contribution >= 4 is 29.0 Å². The molecule has 0 saturated carbocycles. The van der Waals surface area contributed by atoms with Crippen LogP contribution in [0.3, 0.4) is 0 Å². The SMILES string of the molecule is CC(CN(Cc1ccccc1)C(=O)C1CCN(c2nc3ccccc3o2)CC1)C(=O)O. The second-order valence-electron chi connectivity index (χ2n) is 8.17. The van der Waals surface area contributed by atoms with E-state index in [-0.39, 0.29) is 18.4 Å². The molecule has 4 rings (SSSR count). The van der Waals surface area contributed by atoms with Gasteiger partial charge in [-0.2, -0.15) is 4.98 Å². The number of nitrogens with zero attached hydrogens (tertiary/aromatic N) is 3. The molecule has 162 valence electrons. The first-order chi connectivity index (χ1) is 15.0. The number of para-hydroxylation sites is 2. The number of amides is 1. The first kappa shape index (κ1) is 20.9. The molecule has 1 atom stereocenters. The van der Waals surface area contributed by atoms with Crippen molar-refractivity contribution in [3.8, 4) is 0 Å². The van der Waals surface area contributed by atoms with Gasteiger partial charge in [0.15, 0.2) is 5.58 Å². The minimum atomic E-state index is -0.892. The number of oxazole rings is 1. The Labute approximate surface area is 181 Å². The summed E-state index contributed by atoms with van der Waals surface area (Å²) in [4.78, 5) is 33.0. The predicted molar refractivity (Wildman–Crippen MR) is 118 cm³/mol. The summed E-state index contributed by atoms with van der Waals surface area (Å²) in [6, 6.07) is 18.0. The standard InChI is InChI=1S/C24H27N3O4/c1-17(23(29)30)15-27(16-18-7-3-2-4-8-18)22(28)19-11-13-26(14-12-19)24-25-20-9-5-6-10-21(20)31-24/h2-10,17,19H,11-16H2,1H3,(H,29,30). The number of carboxylic acid groups (broad SMARTS) is 1. The minimum absolute atomic E-state index is 0.0224. The highest BCUT2D eigenvalue weighted by Gasteiger charge is 2.31. The molecule has 1 N–H and O–H groups in total. The van der Waals surface area contributed by atoms with Gasteiger partial charge in [-0.15, -0.1) is 0 Å². The lowest BCUT2D eigenvalue weighted by Gasteiger charge is -2.34. The molecule has 2 aromatic carbocycles. The number of piperidine rings is 1. The lowest BCUT2D eigenvalue weighted by atomic mass is 9.94. The van der Waals surface area contributed by atoms with Crippen molar-refractivity contribution in [1.29, 1.82) is 0 Å². The van der Waals surface area contributed by atoms with Crippen LogP contribution in [0.4, 0.5) is 6.01 Å². The van der Waals surface area contributed by atoms with Crippen molar-refractivity contribution in [2.75, 3.05) is 24.5 Å². The van der Waals surface area contributed by atoms with Crippen molar-refractivity contribution in [1.82, 2.24) is 9.88 Å². The molecular formula is C24H27N3O4. The summed E-state index contributed by atoms with van der Waals surface area (Å²) in [5, 5.41) is 9.35. The maximum atomic E-state index is 13.3. The van der Waals surface area contributed by atoms with E-state index in [1.54, 1.807) is 11.8 Å². The van der Waals surface area contributed by atoms with Gasteiger partial charge in [0.25, 0.3) is 6.01 Å². The molecule has 1 aliphatic heterocycles. The Hall–Kier alpha value is -3.35. The van der Waals surface area contributed by atoms with Crippen LogP contribution < -0.4 is 4.90 Å². The van der Waals surface area contributed by atoms with E-state index in [1.165, 1.54) is 0 Å².